The Kier molecular flexibility index (Phi) is 5.67. The van der Waals surface area contributed by atoms with Crippen molar-refractivity contribution in [2.45, 2.75) is 46.1 Å². The average molecular weight is 343 g/mol. The third kappa shape index (κ3) is 4.29. The van der Waals surface area contributed by atoms with Gasteiger partial charge in [-0.3, -0.25) is 4.79 Å². The molecule has 2 aromatic rings. The quantitative estimate of drug-likeness (QED) is 0.601. The standard InChI is InChI=1S/C20H25NO4/c1-6-10-16-15(13-18(22)24-7-2)14-11-8-9-12-17(14)21(16)19(23)25-20(3,4)5/h6,8-9,11-12H,1,7,10,13H2,2-5H3. The minimum atomic E-state index is -0.616. The van der Waals surface area contributed by atoms with Gasteiger partial charge in [0.05, 0.1) is 18.5 Å². The van der Waals surface area contributed by atoms with Gasteiger partial charge in [0.2, 0.25) is 0 Å². The Balaban J connectivity index is 2.63. The maximum atomic E-state index is 12.8. The van der Waals surface area contributed by atoms with Gasteiger partial charge in [0.15, 0.2) is 0 Å². The fourth-order valence-corrected chi connectivity index (χ4v) is 2.78. The minimum absolute atomic E-state index is 0.104. The first-order valence-electron chi connectivity index (χ1n) is 8.39. The molecule has 1 aromatic carbocycles. The van der Waals surface area contributed by atoms with Gasteiger partial charge < -0.3 is 9.47 Å². The van der Waals surface area contributed by atoms with Crippen LogP contribution < -0.4 is 0 Å². The molecule has 0 amide bonds. The lowest BCUT2D eigenvalue weighted by atomic mass is 10.1. The van der Waals surface area contributed by atoms with Crippen LogP contribution in [0, 0.1) is 0 Å². The van der Waals surface area contributed by atoms with E-state index >= 15 is 0 Å². The van der Waals surface area contributed by atoms with Crippen molar-refractivity contribution in [1.82, 2.24) is 4.57 Å². The van der Waals surface area contributed by atoms with Crippen molar-refractivity contribution in [3.05, 3.63) is 48.2 Å². The summed E-state index contributed by atoms with van der Waals surface area (Å²) in [6, 6.07) is 7.49. The summed E-state index contributed by atoms with van der Waals surface area (Å²) in [7, 11) is 0. The summed E-state index contributed by atoms with van der Waals surface area (Å²) < 4.78 is 12.2. The molecule has 0 radical (unpaired) electrons. The van der Waals surface area contributed by atoms with E-state index in [-0.39, 0.29) is 12.4 Å². The molecule has 1 aromatic heterocycles. The molecule has 5 nitrogen and oxygen atoms in total. The van der Waals surface area contributed by atoms with Gasteiger partial charge in [0, 0.05) is 17.5 Å². The summed E-state index contributed by atoms with van der Waals surface area (Å²) in [5, 5.41) is 0.846. The summed E-state index contributed by atoms with van der Waals surface area (Å²) in [6.07, 6.45) is 1.80. The summed E-state index contributed by atoms with van der Waals surface area (Å²) in [5.41, 5.74) is 1.58. The van der Waals surface area contributed by atoms with E-state index in [9.17, 15) is 9.59 Å². The van der Waals surface area contributed by atoms with Crippen LogP contribution in [0.5, 0.6) is 0 Å². The number of carbonyl (C=O) groups is 2. The molecule has 2 rings (SSSR count). The van der Waals surface area contributed by atoms with Gasteiger partial charge in [0.25, 0.3) is 0 Å². The topological polar surface area (TPSA) is 57.5 Å². The van der Waals surface area contributed by atoms with Gasteiger partial charge in [-0.1, -0.05) is 24.3 Å². The van der Waals surface area contributed by atoms with Gasteiger partial charge >= 0.3 is 12.1 Å². The highest BCUT2D eigenvalue weighted by molar-refractivity contribution is 5.95. The second-order valence-corrected chi connectivity index (χ2v) is 6.73. The second-order valence-electron chi connectivity index (χ2n) is 6.73. The number of fused-ring (bicyclic) bond motifs is 1. The van der Waals surface area contributed by atoms with Crippen molar-refractivity contribution in [3.8, 4) is 0 Å². The summed E-state index contributed by atoms with van der Waals surface area (Å²) in [5.74, 6) is -0.320. The molecule has 1 heterocycles. The van der Waals surface area contributed by atoms with Crippen LogP contribution in [-0.4, -0.2) is 28.8 Å². The van der Waals surface area contributed by atoms with Crippen molar-refractivity contribution >= 4 is 23.0 Å². The summed E-state index contributed by atoms with van der Waals surface area (Å²) in [4.78, 5) is 24.8. The number of aromatic nitrogens is 1. The largest absolute Gasteiger partial charge is 0.466 e. The van der Waals surface area contributed by atoms with Gasteiger partial charge in [-0.25, -0.2) is 9.36 Å². The Bertz CT molecular complexity index is 796. The molecule has 0 saturated carbocycles. The fourth-order valence-electron chi connectivity index (χ4n) is 2.78. The normalized spacial score (nSPS) is 11.4. The number of carbonyl (C=O) groups excluding carboxylic acids is 2. The first-order valence-corrected chi connectivity index (χ1v) is 8.39. The maximum Gasteiger partial charge on any atom is 0.419 e. The van der Waals surface area contributed by atoms with Crippen LogP contribution in [0.25, 0.3) is 10.9 Å². The Hall–Kier alpha value is -2.56. The second kappa shape index (κ2) is 7.55. The van der Waals surface area contributed by atoms with E-state index in [0.29, 0.717) is 24.2 Å². The molecule has 0 spiro atoms. The smallest absolute Gasteiger partial charge is 0.419 e. The number of nitrogens with zero attached hydrogens (tertiary/aromatic N) is 1. The number of hydrogen-bond donors (Lipinski definition) is 0. The number of hydrogen-bond acceptors (Lipinski definition) is 4. The van der Waals surface area contributed by atoms with Gasteiger partial charge in [0.1, 0.15) is 5.60 Å². The Labute approximate surface area is 148 Å². The van der Waals surface area contributed by atoms with Gasteiger partial charge in [-0.15, -0.1) is 6.58 Å². The Morgan fingerprint density at radius 1 is 1.24 bits per heavy atom. The summed E-state index contributed by atoms with van der Waals surface area (Å²) in [6.45, 7) is 11.3. The number of esters is 1. The maximum absolute atomic E-state index is 12.8. The highest BCUT2D eigenvalue weighted by Crippen LogP contribution is 2.29. The van der Waals surface area contributed by atoms with Crippen LogP contribution in [0.15, 0.2) is 36.9 Å². The lowest BCUT2D eigenvalue weighted by Gasteiger charge is -2.21. The molecule has 0 aliphatic carbocycles. The average Bonchev–Trinajstić information content (AvgIpc) is 2.80. The predicted molar refractivity (Wildman–Crippen MR) is 97.8 cm³/mol. The zero-order valence-corrected chi connectivity index (χ0v) is 15.3. The molecular formula is C20H25NO4. The Morgan fingerprint density at radius 3 is 2.52 bits per heavy atom. The SMILES string of the molecule is C=CCc1c(CC(=O)OCC)c2ccccc2n1C(=O)OC(C)(C)C. The number of ether oxygens (including phenoxy) is 2. The molecule has 5 heteroatoms. The number of allylic oxidation sites excluding steroid dienone is 1. The first-order chi connectivity index (χ1) is 11.8. The van der Waals surface area contributed by atoms with E-state index in [0.717, 1.165) is 10.9 Å². The van der Waals surface area contributed by atoms with Crippen LogP contribution in [0.4, 0.5) is 4.79 Å². The van der Waals surface area contributed by atoms with E-state index < -0.39 is 11.7 Å². The molecule has 0 N–H and O–H groups in total. The third-order valence-corrected chi connectivity index (χ3v) is 3.63. The molecule has 0 unspecified atom stereocenters. The first kappa shape index (κ1) is 18.8. The van der Waals surface area contributed by atoms with Crippen LogP contribution in [-0.2, 0) is 27.1 Å². The predicted octanol–water partition coefficient (Wildman–Crippen LogP) is 4.26. The van der Waals surface area contributed by atoms with Crippen LogP contribution in [0.1, 0.15) is 39.0 Å². The van der Waals surface area contributed by atoms with E-state index in [1.807, 2.05) is 45.0 Å². The lowest BCUT2D eigenvalue weighted by molar-refractivity contribution is -0.142. The van der Waals surface area contributed by atoms with Crippen molar-refractivity contribution in [1.29, 1.82) is 0 Å². The van der Waals surface area contributed by atoms with Crippen molar-refractivity contribution in [3.63, 3.8) is 0 Å². The molecule has 0 aliphatic rings. The number of benzene rings is 1. The van der Waals surface area contributed by atoms with Crippen LogP contribution >= 0.6 is 0 Å². The van der Waals surface area contributed by atoms with Gasteiger partial charge in [-0.05, 0) is 39.3 Å². The zero-order chi connectivity index (χ0) is 18.6. The van der Waals surface area contributed by atoms with E-state index in [2.05, 4.69) is 6.58 Å². The van der Waals surface area contributed by atoms with Crippen LogP contribution in [0.3, 0.4) is 0 Å². The molecule has 134 valence electrons. The van der Waals surface area contributed by atoms with E-state index in [4.69, 9.17) is 9.47 Å². The monoisotopic (exact) mass is 343 g/mol. The fraction of sp³-hybridized carbons (Fsp3) is 0.400. The van der Waals surface area contributed by atoms with Crippen LogP contribution in [0.2, 0.25) is 0 Å². The highest BCUT2D eigenvalue weighted by Gasteiger charge is 2.26. The van der Waals surface area contributed by atoms with Crippen molar-refractivity contribution in [2.24, 2.45) is 0 Å². The number of rotatable bonds is 5. The molecule has 0 atom stereocenters. The molecule has 25 heavy (non-hydrogen) atoms. The summed E-state index contributed by atoms with van der Waals surface area (Å²) >= 11 is 0. The minimum Gasteiger partial charge on any atom is -0.466 e. The Morgan fingerprint density at radius 2 is 1.92 bits per heavy atom. The molecular weight excluding hydrogens is 318 g/mol. The molecule has 0 bridgehead atoms. The highest BCUT2D eigenvalue weighted by atomic mass is 16.6. The van der Waals surface area contributed by atoms with Crippen molar-refractivity contribution in [2.75, 3.05) is 6.61 Å². The zero-order valence-electron chi connectivity index (χ0n) is 15.3. The molecule has 0 saturated heterocycles. The lowest BCUT2D eigenvalue weighted by Crippen LogP contribution is -2.28. The molecule has 0 fully saturated rings. The molecule has 0 aliphatic heterocycles. The van der Waals surface area contributed by atoms with E-state index in [1.165, 1.54) is 4.57 Å². The number of para-hydroxylation sites is 1. The van der Waals surface area contributed by atoms with Crippen molar-refractivity contribution < 1.29 is 19.1 Å². The van der Waals surface area contributed by atoms with Gasteiger partial charge in [-0.2, -0.15) is 0 Å². The van der Waals surface area contributed by atoms with E-state index in [1.54, 1.807) is 13.0 Å². The third-order valence-electron chi connectivity index (χ3n) is 3.63.